The van der Waals surface area contributed by atoms with Gasteiger partial charge in [-0.25, -0.2) is 4.39 Å². The number of nitrogens with one attached hydrogen (secondary N) is 1. The normalized spacial score (nSPS) is 20.0. The average Bonchev–Trinajstić information content (AvgIpc) is 3.15. The van der Waals surface area contributed by atoms with Crippen molar-refractivity contribution in [3.05, 3.63) is 83.5 Å². The highest BCUT2D eigenvalue weighted by Gasteiger charge is 2.38. The van der Waals surface area contributed by atoms with Crippen molar-refractivity contribution in [2.45, 2.75) is 19.4 Å². The van der Waals surface area contributed by atoms with Crippen LogP contribution in [-0.4, -0.2) is 16.5 Å². The molecule has 0 saturated heterocycles. The molecule has 3 aromatic rings. The van der Waals surface area contributed by atoms with Gasteiger partial charge in [-0.05, 0) is 50.3 Å². The number of hydrogen-bond donors (Lipinski definition) is 1. The van der Waals surface area contributed by atoms with Gasteiger partial charge in [0.2, 0.25) is 0 Å². The number of benzene rings is 2. The zero-order valence-corrected chi connectivity index (χ0v) is 15.4. The Labute approximate surface area is 161 Å². The maximum Gasteiger partial charge on any atom is 0.260 e. The average molecular weight is 372 g/mol. The molecule has 4 nitrogen and oxygen atoms in total. The molecule has 2 aromatic carbocycles. The third kappa shape index (κ3) is 2.51. The molecule has 0 bridgehead atoms. The van der Waals surface area contributed by atoms with Crippen LogP contribution in [0.15, 0.2) is 66.6 Å². The Morgan fingerprint density at radius 2 is 1.93 bits per heavy atom. The molecule has 0 saturated carbocycles. The molecule has 5 heteroatoms. The molecular formula is C23H17FN2O2. The molecule has 0 aliphatic carbocycles. The number of halogens is 1. The van der Waals surface area contributed by atoms with Crippen LogP contribution in [0.3, 0.4) is 0 Å². The minimum Gasteiger partial charge on any atom is -0.482 e. The van der Waals surface area contributed by atoms with Crippen LogP contribution in [0.1, 0.15) is 25.0 Å². The third-order valence-electron chi connectivity index (χ3n) is 5.16. The minimum atomic E-state index is -0.629. The molecule has 0 radical (unpaired) electrons. The fourth-order valence-corrected chi connectivity index (χ4v) is 3.83. The Morgan fingerprint density at radius 3 is 2.79 bits per heavy atom. The SMILES string of the molecule is CC1(C)O/C(=C2/C(=O)Nc3cc(F)ccc32)C=C1c1cnc2ccccc2c1. The first-order valence-electron chi connectivity index (χ1n) is 9.04. The third-order valence-corrected chi connectivity index (χ3v) is 5.16. The van der Waals surface area contributed by atoms with E-state index in [0.717, 1.165) is 22.0 Å². The maximum atomic E-state index is 13.5. The van der Waals surface area contributed by atoms with Crippen molar-refractivity contribution >= 4 is 33.6 Å². The summed E-state index contributed by atoms with van der Waals surface area (Å²) in [4.78, 5) is 17.1. The highest BCUT2D eigenvalue weighted by molar-refractivity contribution is 6.32. The van der Waals surface area contributed by atoms with Gasteiger partial charge in [0.1, 0.15) is 17.2 Å². The summed E-state index contributed by atoms with van der Waals surface area (Å²) >= 11 is 0. The lowest BCUT2D eigenvalue weighted by molar-refractivity contribution is -0.111. The summed E-state index contributed by atoms with van der Waals surface area (Å²) < 4.78 is 19.7. The first-order valence-corrected chi connectivity index (χ1v) is 9.04. The first-order chi connectivity index (χ1) is 13.4. The number of ether oxygens (including phenoxy) is 1. The standard InChI is InChI=1S/C23H17FN2O2/c1-23(2)17(14-9-13-5-3-4-6-18(13)25-12-14)11-20(28-23)21-16-8-7-15(24)10-19(16)26-22(21)27/h3-12H,1-2H3,(H,26,27)/b21-20+. The zero-order valence-electron chi connectivity index (χ0n) is 15.4. The number of hydrogen-bond acceptors (Lipinski definition) is 3. The summed E-state index contributed by atoms with van der Waals surface area (Å²) in [6.07, 6.45) is 3.71. The van der Waals surface area contributed by atoms with Crippen molar-refractivity contribution in [2.75, 3.05) is 5.32 Å². The molecule has 3 heterocycles. The lowest BCUT2D eigenvalue weighted by Crippen LogP contribution is -2.21. The van der Waals surface area contributed by atoms with Crippen LogP contribution in [0.5, 0.6) is 0 Å². The van der Waals surface area contributed by atoms with Crippen LogP contribution in [-0.2, 0) is 9.53 Å². The zero-order chi connectivity index (χ0) is 19.5. The van der Waals surface area contributed by atoms with Gasteiger partial charge in [0.15, 0.2) is 0 Å². The predicted octanol–water partition coefficient (Wildman–Crippen LogP) is 4.93. The molecular weight excluding hydrogens is 355 g/mol. The van der Waals surface area contributed by atoms with E-state index in [1.54, 1.807) is 6.07 Å². The Balaban J connectivity index is 1.67. The topological polar surface area (TPSA) is 51.2 Å². The number of aromatic nitrogens is 1. The Bertz CT molecular complexity index is 1220. The fourth-order valence-electron chi connectivity index (χ4n) is 3.83. The van der Waals surface area contributed by atoms with E-state index < -0.39 is 11.4 Å². The van der Waals surface area contributed by atoms with E-state index in [9.17, 15) is 9.18 Å². The molecule has 2 aliphatic rings. The van der Waals surface area contributed by atoms with Crippen LogP contribution < -0.4 is 5.32 Å². The van der Waals surface area contributed by atoms with Crippen molar-refractivity contribution in [1.82, 2.24) is 4.98 Å². The monoisotopic (exact) mass is 372 g/mol. The summed E-state index contributed by atoms with van der Waals surface area (Å²) in [7, 11) is 0. The molecule has 2 aliphatic heterocycles. The van der Waals surface area contributed by atoms with Gasteiger partial charge in [-0.15, -0.1) is 0 Å². The highest BCUT2D eigenvalue weighted by atomic mass is 19.1. The van der Waals surface area contributed by atoms with Crippen molar-refractivity contribution in [3.63, 3.8) is 0 Å². The van der Waals surface area contributed by atoms with Crippen LogP contribution in [0, 0.1) is 5.82 Å². The van der Waals surface area contributed by atoms with E-state index in [2.05, 4.69) is 16.4 Å². The Hall–Kier alpha value is -3.47. The van der Waals surface area contributed by atoms with Gasteiger partial charge in [-0.3, -0.25) is 9.78 Å². The minimum absolute atomic E-state index is 0.291. The Morgan fingerprint density at radius 1 is 1.11 bits per heavy atom. The van der Waals surface area contributed by atoms with Crippen molar-refractivity contribution in [3.8, 4) is 0 Å². The number of para-hydroxylation sites is 1. The number of carbonyl (C=O) groups is 1. The van der Waals surface area contributed by atoms with Gasteiger partial charge in [0.05, 0.1) is 16.8 Å². The van der Waals surface area contributed by atoms with E-state index in [-0.39, 0.29) is 5.91 Å². The molecule has 1 amide bonds. The van der Waals surface area contributed by atoms with Gasteiger partial charge in [-0.2, -0.15) is 0 Å². The quantitative estimate of drug-likeness (QED) is 0.616. The van der Waals surface area contributed by atoms with E-state index in [0.29, 0.717) is 22.6 Å². The molecule has 0 unspecified atom stereocenters. The van der Waals surface area contributed by atoms with E-state index in [1.165, 1.54) is 12.1 Å². The van der Waals surface area contributed by atoms with Crippen molar-refractivity contribution in [1.29, 1.82) is 0 Å². The number of amides is 1. The van der Waals surface area contributed by atoms with Crippen molar-refractivity contribution in [2.24, 2.45) is 0 Å². The molecule has 28 heavy (non-hydrogen) atoms. The largest absolute Gasteiger partial charge is 0.482 e. The van der Waals surface area contributed by atoms with Gasteiger partial charge < -0.3 is 10.1 Å². The van der Waals surface area contributed by atoms with E-state index in [1.807, 2.05) is 50.4 Å². The molecule has 1 N–H and O–H groups in total. The molecule has 138 valence electrons. The molecule has 0 fully saturated rings. The maximum absolute atomic E-state index is 13.5. The van der Waals surface area contributed by atoms with Gasteiger partial charge in [0, 0.05) is 28.3 Å². The summed E-state index contributed by atoms with van der Waals surface area (Å²) in [5.74, 6) is -0.201. The van der Waals surface area contributed by atoms with Gasteiger partial charge in [0.25, 0.3) is 5.91 Å². The fraction of sp³-hybridized carbons (Fsp3) is 0.130. The van der Waals surface area contributed by atoms with E-state index in [4.69, 9.17) is 4.74 Å². The number of allylic oxidation sites excluding steroid dienone is 1. The molecule has 0 atom stereocenters. The predicted molar refractivity (Wildman–Crippen MR) is 107 cm³/mol. The number of pyridine rings is 1. The lowest BCUT2D eigenvalue weighted by Gasteiger charge is -2.23. The van der Waals surface area contributed by atoms with Crippen LogP contribution in [0.4, 0.5) is 10.1 Å². The number of fused-ring (bicyclic) bond motifs is 2. The second-order valence-electron chi connectivity index (χ2n) is 7.47. The second kappa shape index (κ2) is 5.76. The van der Waals surface area contributed by atoms with Gasteiger partial charge >= 0.3 is 0 Å². The lowest BCUT2D eigenvalue weighted by atomic mass is 9.92. The molecule has 1 aromatic heterocycles. The second-order valence-corrected chi connectivity index (χ2v) is 7.47. The van der Waals surface area contributed by atoms with Crippen LogP contribution in [0.25, 0.3) is 22.0 Å². The van der Waals surface area contributed by atoms with Crippen LogP contribution in [0.2, 0.25) is 0 Å². The Kier molecular flexibility index (Phi) is 3.43. The molecule has 5 rings (SSSR count). The number of anilines is 1. The highest BCUT2D eigenvalue weighted by Crippen LogP contribution is 2.44. The molecule has 0 spiro atoms. The summed E-state index contributed by atoms with van der Waals surface area (Å²) in [6.45, 7) is 3.92. The number of carbonyl (C=O) groups excluding carboxylic acids is 1. The summed E-state index contributed by atoms with van der Waals surface area (Å²) in [5.41, 5.74) is 3.71. The summed E-state index contributed by atoms with van der Waals surface area (Å²) in [5, 5.41) is 3.75. The van der Waals surface area contributed by atoms with E-state index >= 15 is 0 Å². The number of rotatable bonds is 1. The summed E-state index contributed by atoms with van der Waals surface area (Å²) in [6, 6.07) is 14.3. The smallest absolute Gasteiger partial charge is 0.260 e. The van der Waals surface area contributed by atoms with Crippen LogP contribution >= 0.6 is 0 Å². The first kappa shape index (κ1) is 16.7. The number of nitrogens with zero attached hydrogens (tertiary/aromatic N) is 1. The van der Waals surface area contributed by atoms with Gasteiger partial charge in [-0.1, -0.05) is 18.2 Å². The van der Waals surface area contributed by atoms with Crippen molar-refractivity contribution < 1.29 is 13.9 Å².